The summed E-state index contributed by atoms with van der Waals surface area (Å²) in [4.78, 5) is 13.9. The fourth-order valence-electron chi connectivity index (χ4n) is 1.95. The van der Waals surface area contributed by atoms with Crippen LogP contribution in [-0.2, 0) is 11.3 Å². The lowest BCUT2D eigenvalue weighted by molar-refractivity contribution is -0.129. The van der Waals surface area contributed by atoms with E-state index in [4.69, 9.17) is 0 Å². The maximum absolute atomic E-state index is 12.1. The van der Waals surface area contributed by atoms with E-state index in [1.807, 2.05) is 30.1 Å². The van der Waals surface area contributed by atoms with Crippen LogP contribution >= 0.6 is 11.8 Å². The molecule has 3 heteroatoms. The first kappa shape index (κ1) is 11.5. The molecule has 1 aliphatic rings. The molecule has 1 atom stereocenters. The van der Waals surface area contributed by atoms with E-state index < -0.39 is 0 Å². The first-order valence-electron chi connectivity index (χ1n) is 5.68. The average Bonchev–Trinajstić information content (AvgIpc) is 2.83. The molecule has 1 amide bonds. The molecule has 16 heavy (non-hydrogen) atoms. The van der Waals surface area contributed by atoms with E-state index in [0.29, 0.717) is 0 Å². The number of amides is 1. The van der Waals surface area contributed by atoms with E-state index in [2.05, 4.69) is 12.1 Å². The third kappa shape index (κ3) is 2.79. The van der Waals surface area contributed by atoms with Gasteiger partial charge in [0.15, 0.2) is 0 Å². The molecule has 1 fully saturated rings. The third-order valence-corrected chi connectivity index (χ3v) is 4.21. The largest absolute Gasteiger partial charge is 0.340 e. The summed E-state index contributed by atoms with van der Waals surface area (Å²) in [5.74, 6) is 1.42. The monoisotopic (exact) mass is 235 g/mol. The van der Waals surface area contributed by atoms with Gasteiger partial charge in [-0.2, -0.15) is 0 Å². The van der Waals surface area contributed by atoms with Crippen LogP contribution in [0.5, 0.6) is 0 Å². The number of hydrogen-bond donors (Lipinski definition) is 0. The first-order chi connectivity index (χ1) is 7.77. The Morgan fingerprint density at radius 3 is 2.81 bits per heavy atom. The van der Waals surface area contributed by atoms with Crippen LogP contribution < -0.4 is 0 Å². The van der Waals surface area contributed by atoms with E-state index in [1.165, 1.54) is 12.0 Å². The van der Waals surface area contributed by atoms with Crippen molar-refractivity contribution < 1.29 is 4.79 Å². The number of benzene rings is 1. The quantitative estimate of drug-likeness (QED) is 0.802. The summed E-state index contributed by atoms with van der Waals surface area (Å²) in [6.07, 6.45) is 2.23. The highest BCUT2D eigenvalue weighted by molar-refractivity contribution is 8.00. The third-order valence-electron chi connectivity index (χ3n) is 2.84. The van der Waals surface area contributed by atoms with Crippen LogP contribution in [0.4, 0.5) is 0 Å². The fraction of sp³-hybridized carbons (Fsp3) is 0.462. The molecule has 1 aromatic carbocycles. The lowest BCUT2D eigenvalue weighted by Gasteiger charge is -2.20. The van der Waals surface area contributed by atoms with Crippen LogP contribution in [0.25, 0.3) is 0 Å². The molecule has 0 N–H and O–H groups in total. The summed E-state index contributed by atoms with van der Waals surface area (Å²) in [6, 6.07) is 10.1. The van der Waals surface area contributed by atoms with Crippen molar-refractivity contribution in [2.24, 2.45) is 0 Å². The van der Waals surface area contributed by atoms with Crippen LogP contribution in [0.1, 0.15) is 18.4 Å². The highest BCUT2D eigenvalue weighted by Gasteiger charge is 2.25. The van der Waals surface area contributed by atoms with Crippen molar-refractivity contribution in [1.29, 1.82) is 0 Å². The second kappa shape index (κ2) is 5.39. The van der Waals surface area contributed by atoms with Crippen molar-refractivity contribution in [3.05, 3.63) is 35.9 Å². The van der Waals surface area contributed by atoms with E-state index in [1.54, 1.807) is 11.8 Å². The molecule has 1 aliphatic heterocycles. The molecule has 2 rings (SSSR count). The Morgan fingerprint density at radius 1 is 1.44 bits per heavy atom. The zero-order valence-corrected chi connectivity index (χ0v) is 10.4. The number of carbonyl (C=O) groups excluding carboxylic acids is 1. The standard InChI is InChI=1S/C13H17NOS/c1-14(10-11-6-3-2-4-7-11)13(15)12-8-5-9-16-12/h2-4,6-7,12H,5,8-10H2,1H3. The molecule has 1 aromatic rings. The van der Waals surface area contributed by atoms with Gasteiger partial charge in [0.25, 0.3) is 0 Å². The van der Waals surface area contributed by atoms with Gasteiger partial charge in [-0.15, -0.1) is 11.8 Å². The van der Waals surface area contributed by atoms with Crippen molar-refractivity contribution in [2.45, 2.75) is 24.6 Å². The van der Waals surface area contributed by atoms with Gasteiger partial charge in [0.05, 0.1) is 5.25 Å². The highest BCUT2D eigenvalue weighted by Crippen LogP contribution is 2.27. The number of rotatable bonds is 3. The minimum atomic E-state index is 0.203. The fourth-order valence-corrected chi connectivity index (χ4v) is 3.23. The summed E-state index contributed by atoms with van der Waals surface area (Å²) in [5.41, 5.74) is 1.20. The van der Waals surface area contributed by atoms with E-state index in [-0.39, 0.29) is 11.2 Å². The molecular formula is C13H17NOS. The predicted octanol–water partition coefficient (Wildman–Crippen LogP) is 2.54. The normalized spacial score (nSPS) is 19.7. The lowest BCUT2D eigenvalue weighted by atomic mass is 10.2. The van der Waals surface area contributed by atoms with Gasteiger partial charge in [0, 0.05) is 13.6 Å². The van der Waals surface area contributed by atoms with Crippen molar-refractivity contribution in [1.82, 2.24) is 4.90 Å². The molecule has 1 unspecified atom stereocenters. The van der Waals surface area contributed by atoms with Crippen LogP contribution in [-0.4, -0.2) is 28.9 Å². The Kier molecular flexibility index (Phi) is 3.88. The maximum atomic E-state index is 12.1. The highest BCUT2D eigenvalue weighted by atomic mass is 32.2. The smallest absolute Gasteiger partial charge is 0.235 e. The molecule has 0 bridgehead atoms. The second-order valence-electron chi connectivity index (χ2n) is 4.18. The zero-order valence-electron chi connectivity index (χ0n) is 9.56. The van der Waals surface area contributed by atoms with Gasteiger partial charge in [0.1, 0.15) is 0 Å². The Bertz CT molecular complexity index is 346. The molecular weight excluding hydrogens is 218 g/mol. The van der Waals surface area contributed by atoms with Gasteiger partial charge in [-0.1, -0.05) is 30.3 Å². The van der Waals surface area contributed by atoms with Crippen molar-refractivity contribution in [2.75, 3.05) is 12.8 Å². The van der Waals surface area contributed by atoms with Gasteiger partial charge in [-0.25, -0.2) is 0 Å². The predicted molar refractivity (Wildman–Crippen MR) is 68.4 cm³/mol. The summed E-state index contributed by atoms with van der Waals surface area (Å²) >= 11 is 1.80. The lowest BCUT2D eigenvalue weighted by Crippen LogP contribution is -2.33. The second-order valence-corrected chi connectivity index (χ2v) is 5.49. The van der Waals surface area contributed by atoms with E-state index in [0.717, 1.165) is 18.7 Å². The minimum absolute atomic E-state index is 0.203. The number of hydrogen-bond acceptors (Lipinski definition) is 2. The maximum Gasteiger partial charge on any atom is 0.235 e. The van der Waals surface area contributed by atoms with E-state index >= 15 is 0 Å². The number of nitrogens with zero attached hydrogens (tertiary/aromatic N) is 1. The first-order valence-corrected chi connectivity index (χ1v) is 6.73. The van der Waals surface area contributed by atoms with Crippen molar-refractivity contribution >= 4 is 17.7 Å². The molecule has 0 radical (unpaired) electrons. The van der Waals surface area contributed by atoms with Crippen LogP contribution in [0, 0.1) is 0 Å². The number of thioether (sulfide) groups is 1. The van der Waals surface area contributed by atoms with Gasteiger partial charge in [-0.05, 0) is 24.2 Å². The molecule has 0 spiro atoms. The van der Waals surface area contributed by atoms with Gasteiger partial charge < -0.3 is 4.90 Å². The molecule has 0 saturated carbocycles. The average molecular weight is 235 g/mol. The molecule has 2 nitrogen and oxygen atoms in total. The molecule has 86 valence electrons. The zero-order chi connectivity index (χ0) is 11.4. The summed E-state index contributed by atoms with van der Waals surface area (Å²) in [6.45, 7) is 0.719. The molecule has 1 saturated heterocycles. The summed E-state index contributed by atoms with van der Waals surface area (Å²) in [5, 5.41) is 0.203. The van der Waals surface area contributed by atoms with E-state index in [9.17, 15) is 4.79 Å². The van der Waals surface area contributed by atoms with Crippen molar-refractivity contribution in [3.63, 3.8) is 0 Å². The SMILES string of the molecule is CN(Cc1ccccc1)C(=O)C1CCCS1. The molecule has 0 aromatic heterocycles. The van der Waals surface area contributed by atoms with Gasteiger partial charge in [0.2, 0.25) is 5.91 Å². The Labute approximate surface area is 101 Å². The van der Waals surface area contributed by atoms with Gasteiger partial charge in [-0.3, -0.25) is 4.79 Å². The topological polar surface area (TPSA) is 20.3 Å². The van der Waals surface area contributed by atoms with Crippen LogP contribution in [0.2, 0.25) is 0 Å². The van der Waals surface area contributed by atoms with Crippen LogP contribution in [0.15, 0.2) is 30.3 Å². The minimum Gasteiger partial charge on any atom is -0.340 e. The van der Waals surface area contributed by atoms with Crippen LogP contribution in [0.3, 0.4) is 0 Å². The Morgan fingerprint density at radius 2 is 2.19 bits per heavy atom. The number of carbonyl (C=O) groups is 1. The van der Waals surface area contributed by atoms with Gasteiger partial charge >= 0.3 is 0 Å². The van der Waals surface area contributed by atoms with Crippen molar-refractivity contribution in [3.8, 4) is 0 Å². The summed E-state index contributed by atoms with van der Waals surface area (Å²) < 4.78 is 0. The summed E-state index contributed by atoms with van der Waals surface area (Å²) in [7, 11) is 1.90. The Hall–Kier alpha value is -0.960. The molecule has 0 aliphatic carbocycles. The Balaban J connectivity index is 1.92. The molecule has 1 heterocycles.